The molecule has 1 aliphatic rings. The Kier molecular flexibility index (Phi) is 5.79. The number of carbonyl (C=O) groups is 2. The lowest BCUT2D eigenvalue weighted by molar-refractivity contribution is -0.120. The standard InChI is InChI=1S/C24H18N2O2S2/c1-30-20-14-12-17(13-15-20)16-21-22(27)25(18-8-4-2-5-9-18)24(29)26(23(21)28)19-10-6-3-7-11-19/h2-16H,1H3. The zero-order chi connectivity index (χ0) is 21.1. The van der Waals surface area contributed by atoms with Crippen molar-refractivity contribution < 1.29 is 9.59 Å². The van der Waals surface area contributed by atoms with Gasteiger partial charge >= 0.3 is 0 Å². The normalized spacial score (nSPS) is 14.3. The summed E-state index contributed by atoms with van der Waals surface area (Å²) in [5, 5.41) is 0.136. The van der Waals surface area contributed by atoms with Crippen molar-refractivity contribution in [3.63, 3.8) is 0 Å². The Morgan fingerprint density at radius 1 is 0.733 bits per heavy atom. The molecule has 1 saturated heterocycles. The number of nitrogens with zero attached hydrogens (tertiary/aromatic N) is 2. The smallest absolute Gasteiger partial charge is 0.268 e. The van der Waals surface area contributed by atoms with Gasteiger partial charge in [0.15, 0.2) is 5.11 Å². The molecule has 0 aliphatic carbocycles. The van der Waals surface area contributed by atoms with Gasteiger partial charge in [-0.3, -0.25) is 19.4 Å². The first-order chi connectivity index (χ1) is 14.6. The van der Waals surface area contributed by atoms with Gasteiger partial charge in [0.05, 0.1) is 11.4 Å². The first kappa shape index (κ1) is 20.1. The zero-order valence-corrected chi connectivity index (χ0v) is 17.8. The molecular formula is C24H18N2O2S2. The lowest BCUT2D eigenvalue weighted by Gasteiger charge is -2.36. The van der Waals surface area contributed by atoms with Gasteiger partial charge in [-0.1, -0.05) is 48.5 Å². The van der Waals surface area contributed by atoms with Gasteiger partial charge < -0.3 is 0 Å². The molecule has 3 aromatic carbocycles. The number of anilines is 2. The molecule has 0 N–H and O–H groups in total. The van der Waals surface area contributed by atoms with Gasteiger partial charge in [-0.2, -0.15) is 0 Å². The molecule has 1 fully saturated rings. The third-order valence-electron chi connectivity index (χ3n) is 4.71. The van der Waals surface area contributed by atoms with E-state index in [4.69, 9.17) is 12.2 Å². The van der Waals surface area contributed by atoms with Crippen LogP contribution in [0.5, 0.6) is 0 Å². The summed E-state index contributed by atoms with van der Waals surface area (Å²) in [5.41, 5.74) is 2.07. The van der Waals surface area contributed by atoms with E-state index >= 15 is 0 Å². The molecule has 0 bridgehead atoms. The average molecular weight is 431 g/mol. The van der Waals surface area contributed by atoms with Crippen molar-refractivity contribution in [2.75, 3.05) is 16.1 Å². The maximum atomic E-state index is 13.4. The molecule has 1 aliphatic heterocycles. The Labute approximate surface area is 184 Å². The number of amides is 2. The first-order valence-corrected chi connectivity index (χ1v) is 10.9. The molecule has 30 heavy (non-hydrogen) atoms. The molecule has 0 unspecified atom stereocenters. The number of carbonyl (C=O) groups excluding carboxylic acids is 2. The number of hydrogen-bond acceptors (Lipinski definition) is 4. The summed E-state index contributed by atoms with van der Waals surface area (Å²) < 4.78 is 0. The minimum atomic E-state index is -0.433. The molecule has 148 valence electrons. The third-order valence-corrected chi connectivity index (χ3v) is 5.81. The first-order valence-electron chi connectivity index (χ1n) is 9.29. The molecule has 6 heteroatoms. The van der Waals surface area contributed by atoms with Gasteiger partial charge in [0.1, 0.15) is 5.57 Å². The van der Waals surface area contributed by atoms with Gasteiger partial charge in [0.2, 0.25) is 0 Å². The summed E-state index contributed by atoms with van der Waals surface area (Å²) >= 11 is 7.23. The van der Waals surface area contributed by atoms with Crippen LogP contribution < -0.4 is 9.80 Å². The van der Waals surface area contributed by atoms with E-state index in [1.54, 1.807) is 42.1 Å². The Bertz CT molecular complexity index is 1060. The number of para-hydroxylation sites is 2. The summed E-state index contributed by atoms with van der Waals surface area (Å²) in [5.74, 6) is -0.866. The van der Waals surface area contributed by atoms with Crippen molar-refractivity contribution in [3.05, 3.63) is 96.1 Å². The molecule has 3 aromatic rings. The molecule has 0 atom stereocenters. The van der Waals surface area contributed by atoms with Gasteiger partial charge in [-0.05, 0) is 66.5 Å². The second kappa shape index (κ2) is 8.65. The summed E-state index contributed by atoms with van der Waals surface area (Å²) in [4.78, 5) is 30.7. The number of thioether (sulfide) groups is 1. The number of rotatable bonds is 4. The van der Waals surface area contributed by atoms with E-state index in [9.17, 15) is 9.59 Å². The summed E-state index contributed by atoms with van der Waals surface area (Å²) in [7, 11) is 0. The van der Waals surface area contributed by atoms with Crippen LogP contribution in [-0.4, -0.2) is 23.2 Å². The largest absolute Gasteiger partial charge is 0.270 e. The van der Waals surface area contributed by atoms with Crippen molar-refractivity contribution in [1.82, 2.24) is 0 Å². The second-order valence-corrected chi connectivity index (χ2v) is 7.81. The molecule has 0 saturated carbocycles. The Hall–Kier alpha value is -3.22. The van der Waals surface area contributed by atoms with Gasteiger partial charge in [0.25, 0.3) is 11.8 Å². The van der Waals surface area contributed by atoms with Crippen molar-refractivity contribution in [2.45, 2.75) is 4.90 Å². The lowest BCUT2D eigenvalue weighted by atomic mass is 10.0. The highest BCUT2D eigenvalue weighted by molar-refractivity contribution is 7.98. The maximum absolute atomic E-state index is 13.4. The number of benzene rings is 3. The fourth-order valence-electron chi connectivity index (χ4n) is 3.21. The average Bonchev–Trinajstić information content (AvgIpc) is 2.79. The van der Waals surface area contributed by atoms with Crippen molar-refractivity contribution >= 4 is 58.4 Å². The van der Waals surface area contributed by atoms with E-state index in [2.05, 4.69) is 0 Å². The highest BCUT2D eigenvalue weighted by Gasteiger charge is 2.41. The number of hydrogen-bond donors (Lipinski definition) is 0. The molecule has 0 radical (unpaired) electrons. The molecular weight excluding hydrogens is 412 g/mol. The number of thiocarbonyl (C=S) groups is 1. The lowest BCUT2D eigenvalue weighted by Crippen LogP contribution is -2.56. The van der Waals surface area contributed by atoms with E-state index in [0.717, 1.165) is 10.5 Å². The summed E-state index contributed by atoms with van der Waals surface area (Å²) in [6.45, 7) is 0. The van der Waals surface area contributed by atoms with Gasteiger partial charge in [0, 0.05) is 4.90 Å². The van der Waals surface area contributed by atoms with Gasteiger partial charge in [-0.15, -0.1) is 11.8 Å². The minimum Gasteiger partial charge on any atom is -0.268 e. The van der Waals surface area contributed by atoms with Crippen LogP contribution in [0.3, 0.4) is 0 Å². The predicted molar refractivity (Wildman–Crippen MR) is 127 cm³/mol. The third kappa shape index (κ3) is 3.79. The fraction of sp³-hybridized carbons (Fsp3) is 0.0417. The van der Waals surface area contributed by atoms with Crippen LogP contribution in [0.1, 0.15) is 5.56 Å². The quantitative estimate of drug-likeness (QED) is 0.248. The maximum Gasteiger partial charge on any atom is 0.270 e. The van der Waals surface area contributed by atoms with Crippen LogP contribution in [0.2, 0.25) is 0 Å². The molecule has 1 heterocycles. The van der Waals surface area contributed by atoms with Crippen LogP contribution in [-0.2, 0) is 9.59 Å². The van der Waals surface area contributed by atoms with Crippen molar-refractivity contribution in [1.29, 1.82) is 0 Å². The van der Waals surface area contributed by atoms with Crippen LogP contribution in [0.15, 0.2) is 95.4 Å². The Morgan fingerprint density at radius 3 is 1.63 bits per heavy atom. The van der Waals surface area contributed by atoms with Crippen LogP contribution in [0.25, 0.3) is 6.08 Å². The van der Waals surface area contributed by atoms with E-state index < -0.39 is 11.8 Å². The topological polar surface area (TPSA) is 40.6 Å². The molecule has 0 spiro atoms. The van der Waals surface area contributed by atoms with E-state index in [-0.39, 0.29) is 10.7 Å². The Morgan fingerprint density at radius 2 is 1.20 bits per heavy atom. The van der Waals surface area contributed by atoms with Crippen LogP contribution in [0, 0.1) is 0 Å². The summed E-state index contributed by atoms with van der Waals surface area (Å²) in [6, 6.07) is 26.0. The van der Waals surface area contributed by atoms with Crippen LogP contribution >= 0.6 is 24.0 Å². The predicted octanol–water partition coefficient (Wildman–Crippen LogP) is 5.16. The summed E-state index contributed by atoms with van der Waals surface area (Å²) in [6.07, 6.45) is 3.63. The highest BCUT2D eigenvalue weighted by Crippen LogP contribution is 2.29. The monoisotopic (exact) mass is 430 g/mol. The van der Waals surface area contributed by atoms with Crippen molar-refractivity contribution in [2.24, 2.45) is 0 Å². The molecule has 0 aromatic heterocycles. The fourth-order valence-corrected chi connectivity index (χ4v) is 3.99. The zero-order valence-electron chi connectivity index (χ0n) is 16.2. The Balaban J connectivity index is 1.83. The van der Waals surface area contributed by atoms with E-state index in [1.165, 1.54) is 9.80 Å². The highest BCUT2D eigenvalue weighted by atomic mass is 32.2. The van der Waals surface area contributed by atoms with Crippen molar-refractivity contribution in [3.8, 4) is 0 Å². The minimum absolute atomic E-state index is 0.0632. The molecule has 2 amide bonds. The van der Waals surface area contributed by atoms with Crippen LogP contribution in [0.4, 0.5) is 11.4 Å². The molecule has 4 rings (SSSR count). The van der Waals surface area contributed by atoms with E-state index in [1.807, 2.05) is 66.9 Å². The second-order valence-electron chi connectivity index (χ2n) is 6.57. The van der Waals surface area contributed by atoms with E-state index in [0.29, 0.717) is 11.4 Å². The SMILES string of the molecule is CSc1ccc(C=C2C(=O)N(c3ccccc3)C(=S)N(c3ccccc3)C2=O)cc1. The molecule has 4 nitrogen and oxygen atoms in total. The van der Waals surface area contributed by atoms with Gasteiger partial charge in [-0.25, -0.2) is 0 Å².